The average Bonchev–Trinajstić information content (AvgIpc) is 2.95. The Kier molecular flexibility index (Phi) is 3.47. The van der Waals surface area contributed by atoms with Crippen LogP contribution in [0.3, 0.4) is 0 Å². The van der Waals surface area contributed by atoms with Gasteiger partial charge >= 0.3 is 0 Å². The maximum Gasteiger partial charge on any atom is 0.251 e. The summed E-state index contributed by atoms with van der Waals surface area (Å²) in [7, 11) is 0. The molecule has 5 heteroatoms. The van der Waals surface area contributed by atoms with E-state index in [2.05, 4.69) is 4.98 Å². The van der Waals surface area contributed by atoms with Gasteiger partial charge in [-0.2, -0.15) is 5.10 Å². The van der Waals surface area contributed by atoms with E-state index in [1.54, 1.807) is 6.92 Å². The van der Waals surface area contributed by atoms with Crippen molar-refractivity contribution in [2.75, 3.05) is 0 Å². The fourth-order valence-corrected chi connectivity index (χ4v) is 2.90. The van der Waals surface area contributed by atoms with E-state index in [1.807, 2.05) is 65.3 Å². The van der Waals surface area contributed by atoms with Crippen molar-refractivity contribution in [3.8, 4) is 16.9 Å². The van der Waals surface area contributed by atoms with Crippen molar-refractivity contribution in [2.45, 2.75) is 6.92 Å². The highest BCUT2D eigenvalue weighted by Gasteiger charge is 2.16. The van der Waals surface area contributed by atoms with Crippen LogP contribution in [-0.4, -0.2) is 14.8 Å². The fraction of sp³-hybridized carbons (Fsp3) is 0.0526. The number of halogens is 1. The molecule has 4 rings (SSSR count). The molecule has 0 saturated heterocycles. The molecule has 0 bridgehead atoms. The molecule has 4 nitrogen and oxygen atoms in total. The number of para-hydroxylation sites is 1. The van der Waals surface area contributed by atoms with Gasteiger partial charge in [-0.1, -0.05) is 41.9 Å². The molecule has 0 atom stereocenters. The molecular formula is C19H14ClN3O. The molecule has 0 aliphatic heterocycles. The van der Waals surface area contributed by atoms with Crippen molar-refractivity contribution < 1.29 is 0 Å². The largest absolute Gasteiger partial charge is 0.319 e. The maximum absolute atomic E-state index is 12.1. The minimum absolute atomic E-state index is 0.106. The van der Waals surface area contributed by atoms with Gasteiger partial charge in [0.05, 0.1) is 16.9 Å². The van der Waals surface area contributed by atoms with Crippen molar-refractivity contribution in [1.82, 2.24) is 14.8 Å². The van der Waals surface area contributed by atoms with E-state index >= 15 is 0 Å². The lowest BCUT2D eigenvalue weighted by molar-refractivity contribution is 0.904. The molecule has 118 valence electrons. The van der Waals surface area contributed by atoms with Crippen LogP contribution in [0.25, 0.3) is 28.0 Å². The summed E-state index contributed by atoms with van der Waals surface area (Å²) in [5.41, 5.74) is 4.71. The topological polar surface area (TPSA) is 50.7 Å². The van der Waals surface area contributed by atoms with E-state index in [9.17, 15) is 4.79 Å². The van der Waals surface area contributed by atoms with Gasteiger partial charge in [-0.25, -0.2) is 4.68 Å². The first-order valence-electron chi connectivity index (χ1n) is 7.57. The Bertz CT molecular complexity index is 1080. The van der Waals surface area contributed by atoms with E-state index in [-0.39, 0.29) is 5.56 Å². The number of pyridine rings is 1. The predicted octanol–water partition coefficient (Wildman–Crippen LogP) is 4.34. The molecule has 0 fully saturated rings. The number of benzene rings is 2. The number of aryl methyl sites for hydroxylation is 1. The van der Waals surface area contributed by atoms with Gasteiger partial charge in [0.1, 0.15) is 5.52 Å². The van der Waals surface area contributed by atoms with Gasteiger partial charge in [0, 0.05) is 16.1 Å². The smallest absolute Gasteiger partial charge is 0.251 e. The van der Waals surface area contributed by atoms with Gasteiger partial charge in [-0.05, 0) is 37.3 Å². The maximum atomic E-state index is 12.1. The van der Waals surface area contributed by atoms with Gasteiger partial charge in [0.25, 0.3) is 5.56 Å². The van der Waals surface area contributed by atoms with Crippen LogP contribution in [0.5, 0.6) is 0 Å². The van der Waals surface area contributed by atoms with Crippen LogP contribution in [0.15, 0.2) is 65.5 Å². The molecule has 0 aliphatic carbocycles. The normalized spacial score (nSPS) is 11.1. The summed E-state index contributed by atoms with van der Waals surface area (Å²) in [6.45, 7) is 1.78. The predicted molar refractivity (Wildman–Crippen MR) is 96.9 cm³/mol. The zero-order chi connectivity index (χ0) is 16.7. The highest BCUT2D eigenvalue weighted by molar-refractivity contribution is 6.30. The first-order valence-corrected chi connectivity index (χ1v) is 7.95. The molecule has 4 aromatic rings. The summed E-state index contributed by atoms with van der Waals surface area (Å²) < 4.78 is 1.85. The fourth-order valence-electron chi connectivity index (χ4n) is 2.77. The molecule has 1 N–H and O–H groups in total. The second kappa shape index (κ2) is 5.65. The quantitative estimate of drug-likeness (QED) is 0.592. The molecular weight excluding hydrogens is 322 g/mol. The van der Waals surface area contributed by atoms with Crippen molar-refractivity contribution in [3.63, 3.8) is 0 Å². The molecule has 0 saturated carbocycles. The lowest BCUT2D eigenvalue weighted by atomic mass is 10.1. The molecule has 2 aromatic heterocycles. The van der Waals surface area contributed by atoms with Crippen LogP contribution in [0.1, 0.15) is 5.56 Å². The summed E-state index contributed by atoms with van der Waals surface area (Å²) >= 11 is 6.01. The Morgan fingerprint density at radius 2 is 1.75 bits per heavy atom. The molecule has 0 aliphatic rings. The van der Waals surface area contributed by atoms with Gasteiger partial charge < -0.3 is 4.98 Å². The molecule has 0 amide bonds. The Hall–Kier alpha value is -2.85. The van der Waals surface area contributed by atoms with Crippen molar-refractivity contribution >= 4 is 22.6 Å². The zero-order valence-electron chi connectivity index (χ0n) is 13.0. The summed E-state index contributed by atoms with van der Waals surface area (Å²) in [6.07, 6.45) is 0. The monoisotopic (exact) mass is 335 g/mol. The number of nitrogens with zero attached hydrogens (tertiary/aromatic N) is 2. The summed E-state index contributed by atoms with van der Waals surface area (Å²) in [4.78, 5) is 15.1. The second-order valence-electron chi connectivity index (χ2n) is 5.64. The van der Waals surface area contributed by atoms with Crippen LogP contribution < -0.4 is 5.56 Å². The van der Waals surface area contributed by atoms with Crippen LogP contribution >= 0.6 is 11.6 Å². The van der Waals surface area contributed by atoms with E-state index in [0.717, 1.165) is 28.0 Å². The molecule has 2 aromatic carbocycles. The zero-order valence-corrected chi connectivity index (χ0v) is 13.7. The molecule has 2 heterocycles. The first kappa shape index (κ1) is 14.7. The van der Waals surface area contributed by atoms with E-state index in [4.69, 9.17) is 16.7 Å². The molecule has 24 heavy (non-hydrogen) atoms. The molecule has 0 spiro atoms. The third-order valence-corrected chi connectivity index (χ3v) is 4.23. The lowest BCUT2D eigenvalue weighted by Gasteiger charge is -2.08. The Balaban J connectivity index is 2.09. The van der Waals surface area contributed by atoms with Gasteiger partial charge in [-0.3, -0.25) is 4.79 Å². The van der Waals surface area contributed by atoms with E-state index in [0.29, 0.717) is 10.6 Å². The number of aromatic amines is 1. The van der Waals surface area contributed by atoms with Gasteiger partial charge in [0.2, 0.25) is 0 Å². The Morgan fingerprint density at radius 3 is 2.46 bits per heavy atom. The number of fused-ring (bicyclic) bond motifs is 1. The summed E-state index contributed by atoms with van der Waals surface area (Å²) in [6, 6.07) is 19.2. The van der Waals surface area contributed by atoms with Gasteiger partial charge in [-0.15, -0.1) is 0 Å². The minimum atomic E-state index is -0.106. The van der Waals surface area contributed by atoms with Crippen LogP contribution in [-0.2, 0) is 0 Å². The first-order chi connectivity index (χ1) is 11.6. The lowest BCUT2D eigenvalue weighted by Crippen LogP contribution is -2.08. The Morgan fingerprint density at radius 1 is 1.04 bits per heavy atom. The van der Waals surface area contributed by atoms with Gasteiger partial charge in [0.15, 0.2) is 0 Å². The number of H-pyrrole nitrogens is 1. The second-order valence-corrected chi connectivity index (χ2v) is 6.08. The highest BCUT2D eigenvalue weighted by atomic mass is 35.5. The minimum Gasteiger partial charge on any atom is -0.319 e. The standard InChI is InChI=1S/C19H14ClN3O/c1-12-11-16-17(21-19(12)24)18(13-7-9-14(20)10-8-13)23(22-16)15-5-3-2-4-6-15/h2-11H,1H3,(H,21,24). The third-order valence-electron chi connectivity index (χ3n) is 3.98. The molecule has 0 radical (unpaired) electrons. The molecule has 0 unspecified atom stereocenters. The Labute approximate surface area is 143 Å². The number of hydrogen-bond acceptors (Lipinski definition) is 2. The number of hydrogen-bond donors (Lipinski definition) is 1. The van der Waals surface area contributed by atoms with Crippen molar-refractivity contribution in [3.05, 3.63) is 81.6 Å². The highest BCUT2D eigenvalue weighted by Crippen LogP contribution is 2.30. The summed E-state index contributed by atoms with van der Waals surface area (Å²) in [5.74, 6) is 0. The van der Waals surface area contributed by atoms with E-state index < -0.39 is 0 Å². The number of rotatable bonds is 2. The SMILES string of the molecule is Cc1cc2nn(-c3ccccc3)c(-c3ccc(Cl)cc3)c2[nH]c1=O. The van der Waals surface area contributed by atoms with Crippen molar-refractivity contribution in [2.24, 2.45) is 0 Å². The average molecular weight is 336 g/mol. The number of aromatic nitrogens is 3. The van der Waals surface area contributed by atoms with Crippen LogP contribution in [0.4, 0.5) is 0 Å². The third kappa shape index (κ3) is 2.41. The van der Waals surface area contributed by atoms with Crippen LogP contribution in [0, 0.1) is 6.92 Å². The van der Waals surface area contributed by atoms with Crippen LogP contribution in [0.2, 0.25) is 5.02 Å². The van der Waals surface area contributed by atoms with E-state index in [1.165, 1.54) is 0 Å². The summed E-state index contributed by atoms with van der Waals surface area (Å²) in [5, 5.41) is 5.36. The number of nitrogens with one attached hydrogen (secondary N) is 1. The van der Waals surface area contributed by atoms with Crippen molar-refractivity contribution in [1.29, 1.82) is 0 Å².